The van der Waals surface area contributed by atoms with Gasteiger partial charge in [-0.2, -0.15) is 0 Å². The van der Waals surface area contributed by atoms with Crippen molar-refractivity contribution >= 4 is 39.0 Å². The molecular weight excluding hydrogens is 360 g/mol. The lowest BCUT2D eigenvalue weighted by Crippen LogP contribution is -2.08. The van der Waals surface area contributed by atoms with Gasteiger partial charge in [0.15, 0.2) is 0 Å². The van der Waals surface area contributed by atoms with E-state index in [0.717, 1.165) is 10.0 Å². The molecule has 0 saturated carbocycles. The van der Waals surface area contributed by atoms with Gasteiger partial charge in [0.2, 0.25) is 5.78 Å². The Bertz CT molecular complexity index is 792. The van der Waals surface area contributed by atoms with E-state index < -0.39 is 4.92 Å². The number of carbonyl (C=O) groups is 1. The second-order valence-corrected chi connectivity index (χ2v) is 5.99. The Hall–Kier alpha value is -1.79. The number of fused-ring (bicyclic) bond motifs is 2. The molecule has 2 aromatic rings. The fourth-order valence-electron chi connectivity index (χ4n) is 2.53. The first kappa shape index (κ1) is 14.2. The van der Waals surface area contributed by atoms with Crippen molar-refractivity contribution in [3.63, 3.8) is 0 Å². The molecule has 0 aliphatic heterocycles. The quantitative estimate of drug-likeness (QED) is 0.568. The Kier molecular flexibility index (Phi) is 3.51. The van der Waals surface area contributed by atoms with E-state index in [4.69, 9.17) is 11.6 Å². The maximum absolute atomic E-state index is 12.6. The highest BCUT2D eigenvalue weighted by Crippen LogP contribution is 2.35. The molecular formula is C14H8BrClN2O3. The van der Waals surface area contributed by atoms with E-state index in [-0.39, 0.29) is 16.5 Å². The molecule has 0 bridgehead atoms. The minimum atomic E-state index is -0.534. The van der Waals surface area contributed by atoms with E-state index in [1.807, 2.05) is 6.07 Å². The second kappa shape index (κ2) is 5.20. The van der Waals surface area contributed by atoms with E-state index in [0.29, 0.717) is 29.7 Å². The number of nitrogens with zero attached hydrogens (tertiary/aromatic N) is 2. The van der Waals surface area contributed by atoms with Crippen LogP contribution >= 0.6 is 27.5 Å². The average Bonchev–Trinajstić information content (AvgIpc) is 2.56. The van der Waals surface area contributed by atoms with Crippen molar-refractivity contribution in [2.75, 3.05) is 0 Å². The molecule has 5 nitrogen and oxygen atoms in total. The molecule has 0 N–H and O–H groups in total. The third-order valence-corrected chi connectivity index (χ3v) is 4.19. The van der Waals surface area contributed by atoms with E-state index in [1.54, 1.807) is 6.20 Å². The number of nitro groups is 1. The molecule has 0 fully saturated rings. The number of rotatable bonds is 1. The maximum Gasteiger partial charge on any atom is 0.291 e. The molecule has 1 aliphatic carbocycles. The summed E-state index contributed by atoms with van der Waals surface area (Å²) in [5, 5.41) is 11.3. The van der Waals surface area contributed by atoms with Crippen LogP contribution in [0.15, 0.2) is 28.9 Å². The third-order valence-electron chi connectivity index (χ3n) is 3.45. The number of aromatic nitrogens is 1. The summed E-state index contributed by atoms with van der Waals surface area (Å²) in [5.41, 5.74) is 1.62. The zero-order valence-corrected chi connectivity index (χ0v) is 12.9. The molecule has 0 radical (unpaired) electrons. The van der Waals surface area contributed by atoms with Crippen LogP contribution in [0.3, 0.4) is 0 Å². The normalized spacial score (nSPS) is 13.3. The highest BCUT2D eigenvalue weighted by atomic mass is 79.9. The number of pyridine rings is 1. The lowest BCUT2D eigenvalue weighted by molar-refractivity contribution is -0.385. The molecule has 106 valence electrons. The third kappa shape index (κ3) is 2.34. The first-order valence-corrected chi connectivity index (χ1v) is 7.31. The Morgan fingerprint density at radius 2 is 2.10 bits per heavy atom. The van der Waals surface area contributed by atoms with Crippen molar-refractivity contribution in [2.45, 2.75) is 12.8 Å². The van der Waals surface area contributed by atoms with Gasteiger partial charge in [-0.25, -0.2) is 0 Å². The van der Waals surface area contributed by atoms with Crippen LogP contribution in [0.2, 0.25) is 5.02 Å². The SMILES string of the molecule is O=C1c2ccc(Cl)c([N+](=O)[O-])c2CCc2cc(Br)cnc21. The van der Waals surface area contributed by atoms with Crippen LogP contribution in [-0.2, 0) is 12.8 Å². The lowest BCUT2D eigenvalue weighted by atomic mass is 10.00. The summed E-state index contributed by atoms with van der Waals surface area (Å²) in [5.74, 6) is -0.301. The van der Waals surface area contributed by atoms with Crippen LogP contribution in [0.1, 0.15) is 27.2 Å². The molecule has 0 amide bonds. The molecule has 1 heterocycles. The number of aryl methyl sites for hydroxylation is 1. The van der Waals surface area contributed by atoms with Crippen LogP contribution in [0, 0.1) is 10.1 Å². The van der Waals surface area contributed by atoms with Gasteiger partial charge in [0.05, 0.1) is 4.92 Å². The molecule has 0 atom stereocenters. The number of nitro benzene ring substituents is 1. The van der Waals surface area contributed by atoms with Gasteiger partial charge >= 0.3 is 0 Å². The lowest BCUT2D eigenvalue weighted by Gasteiger charge is -2.06. The number of halogens is 2. The van der Waals surface area contributed by atoms with Crippen LogP contribution in [-0.4, -0.2) is 15.7 Å². The van der Waals surface area contributed by atoms with Gasteiger partial charge in [-0.3, -0.25) is 19.9 Å². The smallest absolute Gasteiger partial charge is 0.287 e. The van der Waals surface area contributed by atoms with Crippen LogP contribution < -0.4 is 0 Å². The summed E-state index contributed by atoms with van der Waals surface area (Å²) < 4.78 is 0.771. The minimum absolute atomic E-state index is 0.0478. The van der Waals surface area contributed by atoms with Gasteiger partial charge in [0.25, 0.3) is 5.69 Å². The predicted molar refractivity (Wildman–Crippen MR) is 80.9 cm³/mol. The summed E-state index contributed by atoms with van der Waals surface area (Å²) >= 11 is 9.23. The van der Waals surface area contributed by atoms with Crippen molar-refractivity contribution in [1.29, 1.82) is 0 Å². The van der Waals surface area contributed by atoms with Gasteiger partial charge in [0, 0.05) is 21.8 Å². The number of ketones is 1. The molecule has 21 heavy (non-hydrogen) atoms. The molecule has 1 aromatic carbocycles. The van der Waals surface area contributed by atoms with E-state index in [2.05, 4.69) is 20.9 Å². The Labute approximate surface area is 133 Å². The standard InChI is InChI=1S/C14H8BrClN2O3/c15-8-5-7-1-2-9-10(14(19)12(7)17-6-8)3-4-11(16)13(9)18(20)21/h3-6H,1-2H2. The van der Waals surface area contributed by atoms with E-state index >= 15 is 0 Å². The van der Waals surface area contributed by atoms with E-state index in [1.165, 1.54) is 12.1 Å². The zero-order chi connectivity index (χ0) is 15.1. The molecule has 0 unspecified atom stereocenters. The summed E-state index contributed by atoms with van der Waals surface area (Å²) in [6, 6.07) is 4.74. The highest BCUT2D eigenvalue weighted by Gasteiger charge is 2.30. The van der Waals surface area contributed by atoms with E-state index in [9.17, 15) is 14.9 Å². The Balaban J connectivity index is 2.24. The zero-order valence-electron chi connectivity index (χ0n) is 10.6. The van der Waals surface area contributed by atoms with Gasteiger partial charge in [-0.15, -0.1) is 0 Å². The summed E-state index contributed by atoms with van der Waals surface area (Å²) in [6.45, 7) is 0. The molecule has 3 rings (SSSR count). The minimum Gasteiger partial charge on any atom is -0.287 e. The molecule has 7 heteroatoms. The molecule has 0 spiro atoms. The van der Waals surface area contributed by atoms with Crippen LogP contribution in [0.4, 0.5) is 5.69 Å². The summed E-state index contributed by atoms with van der Waals surface area (Å²) in [4.78, 5) is 27.4. The number of hydrogen-bond donors (Lipinski definition) is 0. The van der Waals surface area contributed by atoms with Crippen molar-refractivity contribution in [2.24, 2.45) is 0 Å². The van der Waals surface area contributed by atoms with Crippen molar-refractivity contribution in [3.8, 4) is 0 Å². The number of hydrogen-bond acceptors (Lipinski definition) is 4. The van der Waals surface area contributed by atoms with Crippen molar-refractivity contribution < 1.29 is 9.72 Å². The first-order valence-electron chi connectivity index (χ1n) is 6.14. The molecule has 1 aromatic heterocycles. The largest absolute Gasteiger partial charge is 0.291 e. The summed E-state index contributed by atoms with van der Waals surface area (Å²) in [7, 11) is 0. The highest BCUT2D eigenvalue weighted by molar-refractivity contribution is 9.10. The van der Waals surface area contributed by atoms with Crippen LogP contribution in [0.5, 0.6) is 0 Å². The average molecular weight is 368 g/mol. The monoisotopic (exact) mass is 366 g/mol. The predicted octanol–water partition coefficient (Wildman–Crippen LogP) is 3.74. The van der Waals surface area contributed by atoms with Gasteiger partial charge in [-0.1, -0.05) is 11.6 Å². The topological polar surface area (TPSA) is 73.1 Å². The summed E-state index contributed by atoms with van der Waals surface area (Å²) in [6.07, 6.45) is 2.43. The number of carbonyl (C=O) groups excluding carboxylic acids is 1. The Morgan fingerprint density at radius 1 is 1.33 bits per heavy atom. The van der Waals surface area contributed by atoms with Gasteiger partial charge < -0.3 is 0 Å². The van der Waals surface area contributed by atoms with Gasteiger partial charge in [-0.05, 0) is 52.5 Å². The second-order valence-electron chi connectivity index (χ2n) is 4.67. The fraction of sp³-hybridized carbons (Fsp3) is 0.143. The van der Waals surface area contributed by atoms with Crippen LogP contribution in [0.25, 0.3) is 0 Å². The fourth-order valence-corrected chi connectivity index (χ4v) is 3.16. The molecule has 1 aliphatic rings. The first-order chi connectivity index (χ1) is 9.99. The van der Waals surface area contributed by atoms with Gasteiger partial charge in [0.1, 0.15) is 10.7 Å². The maximum atomic E-state index is 12.6. The number of benzene rings is 1. The molecule has 0 saturated heterocycles. The Morgan fingerprint density at radius 3 is 2.81 bits per heavy atom. The van der Waals surface area contributed by atoms with Crippen molar-refractivity contribution in [1.82, 2.24) is 4.98 Å². The van der Waals surface area contributed by atoms with Crippen molar-refractivity contribution in [3.05, 3.63) is 66.4 Å².